The third-order valence-electron chi connectivity index (χ3n) is 5.61. The Balaban J connectivity index is 1.56. The molecule has 2 heterocycles. The first-order chi connectivity index (χ1) is 14.5. The molecule has 1 atom stereocenters. The van der Waals surface area contributed by atoms with Crippen LogP contribution in [0.25, 0.3) is 0 Å². The zero-order chi connectivity index (χ0) is 21.1. The van der Waals surface area contributed by atoms with Crippen LogP contribution in [0.3, 0.4) is 0 Å². The van der Waals surface area contributed by atoms with E-state index in [1.54, 1.807) is 0 Å². The fourth-order valence-electron chi connectivity index (χ4n) is 3.78. The Bertz CT molecular complexity index is 1000. The molecule has 0 spiro atoms. The smallest absolute Gasteiger partial charge is 0.135 e. The second kappa shape index (κ2) is 8.84. The third kappa shape index (κ3) is 4.62. The lowest BCUT2D eigenvalue weighted by Gasteiger charge is -2.31. The van der Waals surface area contributed by atoms with Crippen molar-refractivity contribution in [2.75, 3.05) is 16.8 Å². The number of hydrogen-bond acceptors (Lipinski definition) is 5. The van der Waals surface area contributed by atoms with Gasteiger partial charge in [-0.05, 0) is 35.6 Å². The number of nitrogens with zero attached hydrogens (tertiary/aromatic N) is 3. The molecule has 30 heavy (non-hydrogen) atoms. The fourth-order valence-corrected chi connectivity index (χ4v) is 3.78. The molecule has 0 amide bonds. The summed E-state index contributed by atoms with van der Waals surface area (Å²) in [7, 11) is 0. The maximum absolute atomic E-state index is 9.87. The Morgan fingerprint density at radius 2 is 1.80 bits per heavy atom. The average Bonchev–Trinajstić information content (AvgIpc) is 2.77. The molecule has 0 aliphatic carbocycles. The molecule has 5 heteroatoms. The number of aliphatic hydroxyl groups is 1. The van der Waals surface area contributed by atoms with Crippen molar-refractivity contribution in [3.05, 3.63) is 82.7 Å². The van der Waals surface area contributed by atoms with Crippen LogP contribution >= 0.6 is 0 Å². The van der Waals surface area contributed by atoms with Crippen LogP contribution in [0, 0.1) is 0 Å². The molecule has 0 bridgehead atoms. The van der Waals surface area contributed by atoms with Gasteiger partial charge in [-0.2, -0.15) is 0 Å². The standard InChI is InChI=1S/C25H30N4O/c1-17(2)25-27-23(26-15-19-7-5-4-6-8-19)14-24(28-25)29-12-11-21-13-20(18(3)30)9-10-22(21)16-29/h4-10,13-14,17-18,30H,11-12,15-16H2,1-3H3,(H,26,27,28)/t18-/m0/s1. The van der Waals surface area contributed by atoms with Crippen LogP contribution in [-0.2, 0) is 19.5 Å². The van der Waals surface area contributed by atoms with E-state index < -0.39 is 6.10 Å². The van der Waals surface area contributed by atoms with Gasteiger partial charge in [0.25, 0.3) is 0 Å². The molecule has 0 saturated carbocycles. The predicted molar refractivity (Wildman–Crippen MR) is 122 cm³/mol. The van der Waals surface area contributed by atoms with Gasteiger partial charge in [-0.15, -0.1) is 0 Å². The van der Waals surface area contributed by atoms with E-state index >= 15 is 0 Å². The Labute approximate surface area is 178 Å². The maximum Gasteiger partial charge on any atom is 0.135 e. The van der Waals surface area contributed by atoms with Gasteiger partial charge in [-0.25, -0.2) is 9.97 Å². The molecule has 1 aliphatic rings. The van der Waals surface area contributed by atoms with Crippen LogP contribution in [0.2, 0.25) is 0 Å². The molecule has 2 aromatic carbocycles. The third-order valence-corrected chi connectivity index (χ3v) is 5.61. The minimum Gasteiger partial charge on any atom is -0.389 e. The molecule has 1 aliphatic heterocycles. The van der Waals surface area contributed by atoms with E-state index in [9.17, 15) is 5.11 Å². The van der Waals surface area contributed by atoms with E-state index in [-0.39, 0.29) is 5.92 Å². The second-order valence-corrected chi connectivity index (χ2v) is 8.34. The molecule has 0 saturated heterocycles. The largest absolute Gasteiger partial charge is 0.389 e. The molecule has 1 aromatic heterocycles. The van der Waals surface area contributed by atoms with E-state index in [4.69, 9.17) is 9.97 Å². The van der Waals surface area contributed by atoms with Gasteiger partial charge in [0.2, 0.25) is 0 Å². The van der Waals surface area contributed by atoms with Gasteiger partial charge >= 0.3 is 0 Å². The molecule has 2 N–H and O–H groups in total. The minimum absolute atomic E-state index is 0.257. The minimum atomic E-state index is -0.429. The van der Waals surface area contributed by atoms with Crippen LogP contribution in [0.4, 0.5) is 11.6 Å². The van der Waals surface area contributed by atoms with Crippen molar-refractivity contribution in [2.24, 2.45) is 0 Å². The summed E-state index contributed by atoms with van der Waals surface area (Å²) in [5.74, 6) is 2.95. The number of rotatable bonds is 6. The van der Waals surface area contributed by atoms with Crippen LogP contribution in [0.5, 0.6) is 0 Å². The highest BCUT2D eigenvalue weighted by Gasteiger charge is 2.20. The summed E-state index contributed by atoms with van der Waals surface area (Å²) in [6.07, 6.45) is 0.519. The van der Waals surface area contributed by atoms with E-state index in [1.165, 1.54) is 16.7 Å². The van der Waals surface area contributed by atoms with Gasteiger partial charge in [0.1, 0.15) is 17.5 Å². The lowest BCUT2D eigenvalue weighted by Crippen LogP contribution is -2.31. The van der Waals surface area contributed by atoms with Crippen molar-refractivity contribution in [3.8, 4) is 0 Å². The van der Waals surface area contributed by atoms with Crippen LogP contribution in [-0.4, -0.2) is 21.6 Å². The maximum atomic E-state index is 9.87. The topological polar surface area (TPSA) is 61.3 Å². The molecule has 0 unspecified atom stereocenters. The zero-order valence-corrected chi connectivity index (χ0v) is 18.0. The predicted octanol–water partition coefficient (Wildman–Crippen LogP) is 4.83. The van der Waals surface area contributed by atoms with Crippen LogP contribution < -0.4 is 10.2 Å². The Morgan fingerprint density at radius 1 is 1.00 bits per heavy atom. The second-order valence-electron chi connectivity index (χ2n) is 8.34. The van der Waals surface area contributed by atoms with E-state index in [2.05, 4.69) is 66.5 Å². The SMILES string of the molecule is CC(C)c1nc(NCc2ccccc2)cc(N2CCc3cc([C@H](C)O)ccc3C2)n1. The van der Waals surface area contributed by atoms with E-state index in [0.717, 1.165) is 49.1 Å². The molecule has 0 radical (unpaired) electrons. The Hall–Kier alpha value is -2.92. The van der Waals surface area contributed by atoms with Gasteiger partial charge in [0.15, 0.2) is 0 Å². The summed E-state index contributed by atoms with van der Waals surface area (Å²) >= 11 is 0. The van der Waals surface area contributed by atoms with Crippen molar-refractivity contribution >= 4 is 11.6 Å². The number of anilines is 2. The first-order valence-corrected chi connectivity index (χ1v) is 10.7. The van der Waals surface area contributed by atoms with Gasteiger partial charge in [0, 0.05) is 31.6 Å². The first kappa shape index (κ1) is 20.4. The molecule has 0 fully saturated rings. The summed E-state index contributed by atoms with van der Waals surface area (Å²) in [5, 5.41) is 13.3. The molecular weight excluding hydrogens is 372 g/mol. The average molecular weight is 403 g/mol. The quantitative estimate of drug-likeness (QED) is 0.618. The monoisotopic (exact) mass is 402 g/mol. The summed E-state index contributed by atoms with van der Waals surface area (Å²) < 4.78 is 0. The molecule has 3 aromatic rings. The number of hydrogen-bond donors (Lipinski definition) is 2. The number of fused-ring (bicyclic) bond motifs is 1. The van der Waals surface area contributed by atoms with E-state index in [1.807, 2.05) is 19.1 Å². The first-order valence-electron chi connectivity index (χ1n) is 10.7. The number of aromatic nitrogens is 2. The number of aliphatic hydroxyl groups excluding tert-OH is 1. The van der Waals surface area contributed by atoms with Crippen molar-refractivity contribution in [1.29, 1.82) is 0 Å². The van der Waals surface area contributed by atoms with Crippen molar-refractivity contribution in [3.63, 3.8) is 0 Å². The normalized spacial score (nSPS) is 14.5. The highest BCUT2D eigenvalue weighted by Crippen LogP contribution is 2.28. The van der Waals surface area contributed by atoms with Crippen molar-refractivity contribution < 1.29 is 5.11 Å². The van der Waals surface area contributed by atoms with Crippen molar-refractivity contribution in [2.45, 2.75) is 52.3 Å². The molecule has 5 nitrogen and oxygen atoms in total. The highest BCUT2D eigenvalue weighted by atomic mass is 16.3. The summed E-state index contributed by atoms with van der Waals surface area (Å²) in [5.41, 5.74) is 4.84. The summed E-state index contributed by atoms with van der Waals surface area (Å²) in [6.45, 7) is 8.53. The molecule has 4 rings (SSSR count). The van der Waals surface area contributed by atoms with Crippen molar-refractivity contribution in [1.82, 2.24) is 9.97 Å². The number of benzene rings is 2. The Kier molecular flexibility index (Phi) is 6.00. The molecular formula is C25H30N4O. The lowest BCUT2D eigenvalue weighted by atomic mass is 9.96. The van der Waals surface area contributed by atoms with Gasteiger partial charge < -0.3 is 15.3 Å². The summed E-state index contributed by atoms with van der Waals surface area (Å²) in [6, 6.07) is 18.7. The van der Waals surface area contributed by atoms with E-state index in [0.29, 0.717) is 0 Å². The zero-order valence-electron chi connectivity index (χ0n) is 18.0. The van der Waals surface area contributed by atoms with Crippen LogP contribution in [0.15, 0.2) is 54.6 Å². The molecule has 156 valence electrons. The lowest BCUT2D eigenvalue weighted by molar-refractivity contribution is 0.199. The highest BCUT2D eigenvalue weighted by molar-refractivity contribution is 5.52. The summed E-state index contributed by atoms with van der Waals surface area (Å²) in [4.78, 5) is 11.9. The fraction of sp³-hybridized carbons (Fsp3) is 0.360. The van der Waals surface area contributed by atoms with Gasteiger partial charge in [-0.1, -0.05) is 62.4 Å². The Morgan fingerprint density at radius 3 is 2.53 bits per heavy atom. The van der Waals surface area contributed by atoms with Crippen LogP contribution in [0.1, 0.15) is 60.9 Å². The number of nitrogens with one attached hydrogen (secondary N) is 1. The van der Waals surface area contributed by atoms with Gasteiger partial charge in [-0.3, -0.25) is 0 Å². The van der Waals surface area contributed by atoms with Gasteiger partial charge in [0.05, 0.1) is 6.10 Å².